The highest BCUT2D eigenvalue weighted by atomic mass is 16.1. The van der Waals surface area contributed by atoms with Crippen LogP contribution in [0.2, 0.25) is 0 Å². The van der Waals surface area contributed by atoms with Crippen LogP contribution in [0.3, 0.4) is 0 Å². The lowest BCUT2D eigenvalue weighted by Crippen LogP contribution is -2.12. The smallest absolute Gasteiger partial charge is 0.277 e. The molecule has 0 aliphatic heterocycles. The van der Waals surface area contributed by atoms with Crippen molar-refractivity contribution in [3.05, 3.63) is 57.8 Å². The standard InChI is InChI=1S/C17H18N4O/c1-3-7-13-15-16(21(2)20-13)17(22)19-14(18-15)11-10-12-8-5-4-6-9-12/h4-6,8-11H,3,7H2,1-2H3,(H,18,19,22)/b11-10+. The molecule has 0 atom stereocenters. The van der Waals surface area contributed by atoms with Gasteiger partial charge in [-0.3, -0.25) is 9.48 Å². The molecule has 5 heteroatoms. The number of fused-ring (bicyclic) bond motifs is 1. The van der Waals surface area contributed by atoms with Crippen molar-refractivity contribution < 1.29 is 0 Å². The Balaban J connectivity index is 2.06. The van der Waals surface area contributed by atoms with E-state index in [4.69, 9.17) is 0 Å². The van der Waals surface area contributed by atoms with E-state index >= 15 is 0 Å². The van der Waals surface area contributed by atoms with Crippen molar-refractivity contribution in [3.8, 4) is 0 Å². The first-order chi connectivity index (χ1) is 10.7. The molecule has 112 valence electrons. The van der Waals surface area contributed by atoms with Crippen LogP contribution in [0, 0.1) is 0 Å². The largest absolute Gasteiger partial charge is 0.305 e. The summed E-state index contributed by atoms with van der Waals surface area (Å²) in [4.78, 5) is 19.6. The van der Waals surface area contributed by atoms with Crippen LogP contribution in [0.1, 0.15) is 30.4 Å². The van der Waals surface area contributed by atoms with Crippen molar-refractivity contribution in [1.82, 2.24) is 19.7 Å². The van der Waals surface area contributed by atoms with Crippen LogP contribution in [-0.2, 0) is 13.5 Å². The summed E-state index contributed by atoms with van der Waals surface area (Å²) >= 11 is 0. The van der Waals surface area contributed by atoms with Gasteiger partial charge in [-0.15, -0.1) is 0 Å². The molecular formula is C17H18N4O. The monoisotopic (exact) mass is 294 g/mol. The van der Waals surface area contributed by atoms with Crippen LogP contribution in [0.15, 0.2) is 35.1 Å². The predicted molar refractivity (Wildman–Crippen MR) is 88.5 cm³/mol. The minimum absolute atomic E-state index is 0.157. The number of aromatic amines is 1. The van der Waals surface area contributed by atoms with E-state index in [1.54, 1.807) is 11.7 Å². The molecule has 0 aliphatic carbocycles. The van der Waals surface area contributed by atoms with Gasteiger partial charge in [0.1, 0.15) is 11.3 Å². The zero-order valence-corrected chi connectivity index (χ0v) is 12.7. The molecule has 0 saturated heterocycles. The third-order valence-electron chi connectivity index (χ3n) is 3.50. The summed E-state index contributed by atoms with van der Waals surface area (Å²) in [5, 5.41) is 4.41. The molecule has 1 aromatic carbocycles. The van der Waals surface area contributed by atoms with Crippen LogP contribution in [0.4, 0.5) is 0 Å². The Morgan fingerprint density at radius 1 is 1.23 bits per heavy atom. The Morgan fingerprint density at radius 3 is 2.73 bits per heavy atom. The van der Waals surface area contributed by atoms with Crippen molar-refractivity contribution in [2.24, 2.45) is 7.05 Å². The van der Waals surface area contributed by atoms with E-state index in [9.17, 15) is 4.79 Å². The molecule has 3 rings (SSSR count). The molecule has 0 amide bonds. The maximum absolute atomic E-state index is 12.3. The maximum atomic E-state index is 12.3. The third kappa shape index (κ3) is 2.70. The van der Waals surface area contributed by atoms with Crippen molar-refractivity contribution >= 4 is 23.2 Å². The van der Waals surface area contributed by atoms with Crippen LogP contribution in [0.25, 0.3) is 23.2 Å². The highest BCUT2D eigenvalue weighted by Gasteiger charge is 2.13. The number of benzene rings is 1. The number of nitrogens with zero attached hydrogens (tertiary/aromatic N) is 3. The third-order valence-corrected chi connectivity index (χ3v) is 3.50. The molecule has 0 unspecified atom stereocenters. The Morgan fingerprint density at radius 2 is 2.00 bits per heavy atom. The van der Waals surface area contributed by atoms with Gasteiger partial charge in [-0.25, -0.2) is 4.98 Å². The molecular weight excluding hydrogens is 276 g/mol. The first-order valence-corrected chi connectivity index (χ1v) is 7.38. The Hall–Kier alpha value is -2.69. The van der Waals surface area contributed by atoms with Gasteiger partial charge in [-0.05, 0) is 18.1 Å². The minimum Gasteiger partial charge on any atom is -0.305 e. The van der Waals surface area contributed by atoms with Crippen molar-refractivity contribution in [2.75, 3.05) is 0 Å². The number of aromatic nitrogens is 4. The summed E-state index contributed by atoms with van der Waals surface area (Å²) in [6.45, 7) is 2.09. The van der Waals surface area contributed by atoms with Gasteiger partial charge in [0.05, 0.1) is 5.69 Å². The summed E-state index contributed by atoms with van der Waals surface area (Å²) in [7, 11) is 1.78. The molecule has 3 aromatic rings. The Labute approximate surface area is 128 Å². The number of rotatable bonds is 4. The fourth-order valence-corrected chi connectivity index (χ4v) is 2.49. The van der Waals surface area contributed by atoms with E-state index in [1.807, 2.05) is 42.5 Å². The van der Waals surface area contributed by atoms with Gasteiger partial charge in [0, 0.05) is 7.05 Å². The molecule has 2 heterocycles. The van der Waals surface area contributed by atoms with E-state index in [-0.39, 0.29) is 5.56 Å². The molecule has 0 spiro atoms. The summed E-state index contributed by atoms with van der Waals surface area (Å²) in [5.74, 6) is 0.548. The quantitative estimate of drug-likeness (QED) is 0.804. The first kappa shape index (κ1) is 14.3. The van der Waals surface area contributed by atoms with Crippen LogP contribution in [-0.4, -0.2) is 19.7 Å². The van der Waals surface area contributed by atoms with Gasteiger partial charge >= 0.3 is 0 Å². The molecule has 1 N–H and O–H groups in total. The maximum Gasteiger partial charge on any atom is 0.277 e. The lowest BCUT2D eigenvalue weighted by Gasteiger charge is -1.97. The number of H-pyrrole nitrogens is 1. The number of nitrogens with one attached hydrogen (secondary N) is 1. The molecule has 5 nitrogen and oxygen atoms in total. The summed E-state index contributed by atoms with van der Waals surface area (Å²) in [5.41, 5.74) is 3.00. The topological polar surface area (TPSA) is 63.6 Å². The van der Waals surface area contributed by atoms with Gasteiger partial charge in [0.2, 0.25) is 0 Å². The Bertz CT molecular complexity index is 875. The van der Waals surface area contributed by atoms with Gasteiger partial charge in [-0.2, -0.15) is 5.10 Å². The molecule has 2 aromatic heterocycles. The summed E-state index contributed by atoms with van der Waals surface area (Å²) in [6.07, 6.45) is 5.53. The van der Waals surface area contributed by atoms with Crippen molar-refractivity contribution in [3.63, 3.8) is 0 Å². The van der Waals surface area contributed by atoms with E-state index in [1.165, 1.54) is 0 Å². The number of hydrogen-bond donors (Lipinski definition) is 1. The van der Waals surface area contributed by atoms with Gasteiger partial charge < -0.3 is 4.98 Å². The predicted octanol–water partition coefficient (Wildman–Crippen LogP) is 2.78. The van der Waals surface area contributed by atoms with Gasteiger partial charge in [0.25, 0.3) is 5.56 Å². The van der Waals surface area contributed by atoms with E-state index in [0.717, 1.165) is 24.1 Å². The molecule has 0 fully saturated rings. The van der Waals surface area contributed by atoms with Crippen LogP contribution >= 0.6 is 0 Å². The van der Waals surface area contributed by atoms with Crippen molar-refractivity contribution in [1.29, 1.82) is 0 Å². The highest BCUT2D eigenvalue weighted by Crippen LogP contribution is 2.14. The van der Waals surface area contributed by atoms with Crippen LogP contribution in [0.5, 0.6) is 0 Å². The zero-order valence-electron chi connectivity index (χ0n) is 12.7. The average molecular weight is 294 g/mol. The zero-order chi connectivity index (χ0) is 15.5. The molecule has 0 radical (unpaired) electrons. The second-order valence-corrected chi connectivity index (χ2v) is 5.21. The Kier molecular flexibility index (Phi) is 3.87. The lowest BCUT2D eigenvalue weighted by atomic mass is 10.2. The first-order valence-electron chi connectivity index (χ1n) is 7.38. The molecule has 22 heavy (non-hydrogen) atoms. The minimum atomic E-state index is -0.157. The molecule has 0 aliphatic rings. The fraction of sp³-hybridized carbons (Fsp3) is 0.235. The molecule has 0 bridgehead atoms. The SMILES string of the molecule is CCCc1nn(C)c2c(=O)[nH]c(/C=C/c3ccccc3)nc12. The molecule has 0 saturated carbocycles. The van der Waals surface area contributed by atoms with E-state index in [2.05, 4.69) is 22.0 Å². The van der Waals surface area contributed by atoms with Gasteiger partial charge in [0.15, 0.2) is 5.52 Å². The number of hydrogen-bond acceptors (Lipinski definition) is 3. The number of aryl methyl sites for hydroxylation is 2. The highest BCUT2D eigenvalue weighted by molar-refractivity contribution is 5.78. The van der Waals surface area contributed by atoms with Crippen molar-refractivity contribution in [2.45, 2.75) is 19.8 Å². The normalized spacial score (nSPS) is 11.5. The van der Waals surface area contributed by atoms with Crippen LogP contribution < -0.4 is 5.56 Å². The lowest BCUT2D eigenvalue weighted by molar-refractivity contribution is 0.750. The van der Waals surface area contributed by atoms with E-state index in [0.29, 0.717) is 16.9 Å². The van der Waals surface area contributed by atoms with Gasteiger partial charge in [-0.1, -0.05) is 49.8 Å². The summed E-state index contributed by atoms with van der Waals surface area (Å²) < 4.78 is 1.61. The second kappa shape index (κ2) is 5.97. The summed E-state index contributed by atoms with van der Waals surface area (Å²) in [6, 6.07) is 9.91. The second-order valence-electron chi connectivity index (χ2n) is 5.21. The average Bonchev–Trinajstić information content (AvgIpc) is 2.83. The van der Waals surface area contributed by atoms with E-state index < -0.39 is 0 Å². The fourth-order valence-electron chi connectivity index (χ4n) is 2.49.